The summed E-state index contributed by atoms with van der Waals surface area (Å²) in [5, 5.41) is 0.785. The molecule has 112 valence electrons. The van der Waals surface area contributed by atoms with E-state index in [0.717, 1.165) is 21.9 Å². The summed E-state index contributed by atoms with van der Waals surface area (Å²) in [5.74, 6) is 0.861. The molecule has 1 heterocycles. The molecular weight excluding hydrogens is 286 g/mol. The molecule has 0 aliphatic rings. The van der Waals surface area contributed by atoms with E-state index in [1.807, 2.05) is 26.0 Å². The van der Waals surface area contributed by atoms with E-state index in [1.165, 1.54) is 11.3 Å². The number of aryl methyl sites for hydroxylation is 2. The topological polar surface area (TPSA) is 48.4 Å². The van der Waals surface area contributed by atoms with Gasteiger partial charge in [0.2, 0.25) is 0 Å². The number of carbonyl (C=O) groups excluding carboxylic acids is 1. The number of hydrogen-bond donors (Lipinski definition) is 0. The van der Waals surface area contributed by atoms with Crippen LogP contribution >= 0.6 is 11.3 Å². The Morgan fingerprint density at radius 2 is 2.05 bits per heavy atom. The van der Waals surface area contributed by atoms with Crippen LogP contribution in [0, 0.1) is 13.8 Å². The number of thiazole rings is 1. The van der Waals surface area contributed by atoms with Crippen LogP contribution in [0.15, 0.2) is 18.2 Å². The fourth-order valence-electron chi connectivity index (χ4n) is 1.97. The molecule has 0 spiro atoms. The Hall–Kier alpha value is -1.72. The van der Waals surface area contributed by atoms with Gasteiger partial charge in [0.25, 0.3) is 0 Å². The van der Waals surface area contributed by atoms with E-state index in [-0.39, 0.29) is 5.78 Å². The van der Waals surface area contributed by atoms with Crippen LogP contribution < -0.4 is 4.74 Å². The maximum Gasteiger partial charge on any atom is 0.171 e. The van der Waals surface area contributed by atoms with Crippen molar-refractivity contribution < 1.29 is 14.3 Å². The fourth-order valence-corrected chi connectivity index (χ4v) is 2.85. The lowest BCUT2D eigenvalue weighted by molar-refractivity contribution is 0.101. The number of carbonyl (C=O) groups is 1. The van der Waals surface area contributed by atoms with Crippen LogP contribution in [0.1, 0.15) is 38.4 Å². The van der Waals surface area contributed by atoms with Crippen molar-refractivity contribution in [3.8, 4) is 5.75 Å². The Labute approximate surface area is 128 Å². The molecule has 0 atom stereocenters. The first kappa shape index (κ1) is 15.7. The monoisotopic (exact) mass is 305 g/mol. The molecule has 0 aliphatic heterocycles. The molecule has 0 amide bonds. The van der Waals surface area contributed by atoms with Gasteiger partial charge in [-0.1, -0.05) is 12.1 Å². The fraction of sp³-hybridized carbons (Fsp3) is 0.375. The van der Waals surface area contributed by atoms with Gasteiger partial charge in [-0.2, -0.15) is 0 Å². The third-order valence-corrected chi connectivity index (χ3v) is 4.21. The molecule has 1 aromatic carbocycles. The second-order valence-electron chi connectivity index (χ2n) is 4.93. The summed E-state index contributed by atoms with van der Waals surface area (Å²) in [4.78, 5) is 16.7. The molecule has 0 N–H and O–H groups in total. The molecule has 2 rings (SSSR count). The lowest BCUT2D eigenvalue weighted by atomic mass is 10.1. The third kappa shape index (κ3) is 3.89. The van der Waals surface area contributed by atoms with Crippen molar-refractivity contribution in [1.29, 1.82) is 0 Å². The SMILES string of the molecule is COCc1nc(COc2cc(C)ccc2C)sc1C(C)=O. The van der Waals surface area contributed by atoms with Crippen LogP contribution in [0.2, 0.25) is 0 Å². The predicted octanol–water partition coefficient (Wildman–Crippen LogP) is 3.69. The minimum atomic E-state index is 0.0116. The molecule has 2 aromatic rings. The number of hydrogen-bond acceptors (Lipinski definition) is 5. The molecule has 0 saturated heterocycles. The molecule has 1 aromatic heterocycles. The summed E-state index contributed by atoms with van der Waals surface area (Å²) in [6.07, 6.45) is 0. The van der Waals surface area contributed by atoms with E-state index < -0.39 is 0 Å². The highest BCUT2D eigenvalue weighted by Gasteiger charge is 2.15. The molecule has 0 radical (unpaired) electrons. The number of rotatable bonds is 6. The highest BCUT2D eigenvalue weighted by Crippen LogP contribution is 2.24. The van der Waals surface area contributed by atoms with Gasteiger partial charge in [0.05, 0.1) is 17.2 Å². The molecule has 0 fully saturated rings. The first-order valence-electron chi connectivity index (χ1n) is 6.69. The maximum absolute atomic E-state index is 11.6. The van der Waals surface area contributed by atoms with Crippen LogP contribution in [0.3, 0.4) is 0 Å². The first-order valence-corrected chi connectivity index (χ1v) is 7.51. The van der Waals surface area contributed by atoms with E-state index in [4.69, 9.17) is 9.47 Å². The van der Waals surface area contributed by atoms with Crippen molar-refractivity contribution in [2.45, 2.75) is 34.0 Å². The predicted molar refractivity (Wildman–Crippen MR) is 83.1 cm³/mol. The van der Waals surface area contributed by atoms with Gasteiger partial charge in [0.1, 0.15) is 17.4 Å². The Kier molecular flexibility index (Phi) is 5.09. The molecule has 21 heavy (non-hydrogen) atoms. The van der Waals surface area contributed by atoms with Gasteiger partial charge in [-0.05, 0) is 31.0 Å². The molecular formula is C16H19NO3S. The molecule has 0 saturated carbocycles. The highest BCUT2D eigenvalue weighted by molar-refractivity contribution is 7.13. The number of ketones is 1. The van der Waals surface area contributed by atoms with Crippen molar-refractivity contribution in [2.75, 3.05) is 7.11 Å². The van der Waals surface area contributed by atoms with Crippen molar-refractivity contribution >= 4 is 17.1 Å². The third-order valence-electron chi connectivity index (χ3n) is 3.04. The number of ether oxygens (including phenoxy) is 2. The van der Waals surface area contributed by atoms with Gasteiger partial charge in [-0.15, -0.1) is 11.3 Å². The van der Waals surface area contributed by atoms with Crippen molar-refractivity contribution in [3.05, 3.63) is 44.9 Å². The zero-order valence-corrected chi connectivity index (χ0v) is 13.5. The van der Waals surface area contributed by atoms with Crippen LogP contribution in [-0.2, 0) is 18.0 Å². The quantitative estimate of drug-likeness (QED) is 0.764. The van der Waals surface area contributed by atoms with Gasteiger partial charge in [-0.3, -0.25) is 4.79 Å². The lowest BCUT2D eigenvalue weighted by Gasteiger charge is -2.08. The van der Waals surface area contributed by atoms with E-state index in [9.17, 15) is 4.79 Å². The van der Waals surface area contributed by atoms with Crippen molar-refractivity contribution in [2.24, 2.45) is 0 Å². The largest absolute Gasteiger partial charge is 0.486 e. The molecule has 0 unspecified atom stereocenters. The Morgan fingerprint density at radius 3 is 2.71 bits per heavy atom. The van der Waals surface area contributed by atoms with Gasteiger partial charge >= 0.3 is 0 Å². The van der Waals surface area contributed by atoms with Crippen LogP contribution in [0.25, 0.3) is 0 Å². The van der Waals surface area contributed by atoms with Gasteiger partial charge < -0.3 is 9.47 Å². The highest BCUT2D eigenvalue weighted by atomic mass is 32.1. The number of aromatic nitrogens is 1. The van der Waals surface area contributed by atoms with Gasteiger partial charge in [0.15, 0.2) is 5.78 Å². The summed E-state index contributed by atoms with van der Waals surface area (Å²) in [5.41, 5.74) is 2.93. The summed E-state index contributed by atoms with van der Waals surface area (Å²) in [6, 6.07) is 6.09. The van der Waals surface area contributed by atoms with E-state index in [1.54, 1.807) is 14.0 Å². The van der Waals surface area contributed by atoms with E-state index in [0.29, 0.717) is 23.8 Å². The summed E-state index contributed by atoms with van der Waals surface area (Å²) in [6.45, 7) is 6.28. The minimum absolute atomic E-state index is 0.0116. The van der Waals surface area contributed by atoms with E-state index in [2.05, 4.69) is 11.1 Å². The number of nitrogens with zero attached hydrogens (tertiary/aromatic N) is 1. The summed E-state index contributed by atoms with van der Waals surface area (Å²) < 4.78 is 10.9. The number of Topliss-reactive ketones (excluding diaryl/α,β-unsaturated/α-hetero) is 1. The second kappa shape index (κ2) is 6.83. The van der Waals surface area contributed by atoms with Crippen molar-refractivity contribution in [3.63, 3.8) is 0 Å². The smallest absolute Gasteiger partial charge is 0.171 e. The summed E-state index contributed by atoms with van der Waals surface area (Å²) in [7, 11) is 1.59. The van der Waals surface area contributed by atoms with Crippen LogP contribution in [0.5, 0.6) is 5.75 Å². The number of benzene rings is 1. The number of methoxy groups -OCH3 is 1. The molecule has 0 aliphatic carbocycles. The Bertz CT molecular complexity index is 649. The van der Waals surface area contributed by atoms with Crippen molar-refractivity contribution in [1.82, 2.24) is 4.98 Å². The zero-order chi connectivity index (χ0) is 15.4. The summed E-state index contributed by atoms with van der Waals surface area (Å²) >= 11 is 1.37. The molecule has 5 heteroatoms. The minimum Gasteiger partial charge on any atom is -0.486 e. The van der Waals surface area contributed by atoms with Gasteiger partial charge in [-0.25, -0.2) is 4.98 Å². The lowest BCUT2D eigenvalue weighted by Crippen LogP contribution is -1.99. The molecule has 4 nitrogen and oxygen atoms in total. The molecule has 0 bridgehead atoms. The Balaban J connectivity index is 2.14. The standard InChI is InChI=1S/C16H19NO3S/c1-10-5-6-11(2)14(7-10)20-9-15-17-13(8-19-4)16(21-15)12(3)18/h5-7H,8-9H2,1-4H3. The van der Waals surface area contributed by atoms with E-state index >= 15 is 0 Å². The maximum atomic E-state index is 11.6. The first-order chi connectivity index (χ1) is 10.0. The average molecular weight is 305 g/mol. The average Bonchev–Trinajstić information content (AvgIpc) is 2.84. The zero-order valence-electron chi connectivity index (χ0n) is 12.7. The normalized spacial score (nSPS) is 10.7. The van der Waals surface area contributed by atoms with Crippen LogP contribution in [-0.4, -0.2) is 17.9 Å². The van der Waals surface area contributed by atoms with Crippen LogP contribution in [0.4, 0.5) is 0 Å². The second-order valence-corrected chi connectivity index (χ2v) is 6.01. The van der Waals surface area contributed by atoms with Gasteiger partial charge in [0, 0.05) is 14.0 Å². The Morgan fingerprint density at radius 1 is 1.29 bits per heavy atom.